The molecule has 2 nitrogen and oxygen atoms in total. The van der Waals surface area contributed by atoms with Crippen molar-refractivity contribution in [1.29, 1.82) is 0 Å². The lowest BCUT2D eigenvalue weighted by atomic mass is 10.2. The van der Waals surface area contributed by atoms with E-state index in [1.807, 2.05) is 24.3 Å². The number of nitrogens with one attached hydrogen (secondary N) is 1. The molecule has 0 saturated heterocycles. The minimum atomic E-state index is -0.0402. The molecule has 0 aliphatic heterocycles. The van der Waals surface area contributed by atoms with Gasteiger partial charge in [0.05, 0.1) is 0 Å². The lowest BCUT2D eigenvalue weighted by Gasteiger charge is -2.01. The van der Waals surface area contributed by atoms with Crippen LogP contribution in [0, 0.1) is 0 Å². The number of alkyl halides is 1. The smallest absolute Gasteiger partial charge is 0.221 e. The summed E-state index contributed by atoms with van der Waals surface area (Å²) in [6.45, 7) is 1.50. The predicted octanol–water partition coefficient (Wildman–Crippen LogP) is 2.54. The Morgan fingerprint density at radius 3 is 2.42 bits per heavy atom. The molecule has 0 spiro atoms. The van der Waals surface area contributed by atoms with Crippen molar-refractivity contribution in [2.24, 2.45) is 0 Å². The van der Waals surface area contributed by atoms with Crippen LogP contribution in [0.15, 0.2) is 24.3 Å². The molecule has 0 unspecified atom stereocenters. The highest BCUT2D eigenvalue weighted by atomic mass is 79.9. The molecule has 1 amide bonds. The molecule has 0 fully saturated rings. The van der Waals surface area contributed by atoms with E-state index >= 15 is 0 Å². The Kier molecular flexibility index (Phi) is 3.29. The van der Waals surface area contributed by atoms with Gasteiger partial charge in [0.25, 0.3) is 0 Å². The third-order valence-electron chi connectivity index (χ3n) is 1.43. The van der Waals surface area contributed by atoms with Gasteiger partial charge in [-0.25, -0.2) is 0 Å². The van der Waals surface area contributed by atoms with Crippen molar-refractivity contribution in [3.8, 4) is 0 Å². The molecular weight excluding hydrogens is 218 g/mol. The molecule has 0 aromatic heterocycles. The number of benzene rings is 1. The van der Waals surface area contributed by atoms with Gasteiger partial charge in [-0.1, -0.05) is 28.1 Å². The van der Waals surface area contributed by atoms with E-state index in [1.165, 1.54) is 12.5 Å². The summed E-state index contributed by atoms with van der Waals surface area (Å²) in [5, 5.41) is 3.54. The summed E-state index contributed by atoms with van der Waals surface area (Å²) in [4.78, 5) is 10.6. The number of carbonyl (C=O) groups is 1. The van der Waals surface area contributed by atoms with Crippen molar-refractivity contribution in [2.45, 2.75) is 12.3 Å². The maximum Gasteiger partial charge on any atom is 0.221 e. The van der Waals surface area contributed by atoms with E-state index in [2.05, 4.69) is 21.2 Å². The average molecular weight is 228 g/mol. The van der Waals surface area contributed by atoms with Crippen LogP contribution in [0.1, 0.15) is 12.5 Å². The lowest BCUT2D eigenvalue weighted by Crippen LogP contribution is -2.05. The molecule has 3 heteroatoms. The monoisotopic (exact) mass is 227 g/mol. The fraction of sp³-hybridized carbons (Fsp3) is 0.222. The van der Waals surface area contributed by atoms with Crippen molar-refractivity contribution in [3.63, 3.8) is 0 Å². The molecule has 1 aromatic carbocycles. The van der Waals surface area contributed by atoms with E-state index in [4.69, 9.17) is 0 Å². The summed E-state index contributed by atoms with van der Waals surface area (Å²) in [5.74, 6) is -0.0402. The molecule has 0 heterocycles. The molecule has 64 valence electrons. The van der Waals surface area contributed by atoms with Crippen LogP contribution in [0.4, 0.5) is 5.69 Å². The number of hydrogen-bond acceptors (Lipinski definition) is 1. The first-order valence-corrected chi connectivity index (χ1v) is 4.77. The maximum atomic E-state index is 10.6. The Morgan fingerprint density at radius 1 is 1.42 bits per heavy atom. The van der Waals surface area contributed by atoms with Gasteiger partial charge in [0.2, 0.25) is 5.91 Å². The zero-order valence-electron chi connectivity index (χ0n) is 6.80. The summed E-state index contributed by atoms with van der Waals surface area (Å²) >= 11 is 3.35. The Balaban J connectivity index is 2.71. The number of anilines is 1. The molecule has 1 rings (SSSR count). The molecule has 0 atom stereocenters. The van der Waals surface area contributed by atoms with Crippen LogP contribution < -0.4 is 5.32 Å². The van der Waals surface area contributed by atoms with Gasteiger partial charge < -0.3 is 5.32 Å². The second-order valence-electron chi connectivity index (χ2n) is 2.51. The van der Waals surface area contributed by atoms with Gasteiger partial charge in [-0.15, -0.1) is 0 Å². The van der Waals surface area contributed by atoms with Gasteiger partial charge in [0, 0.05) is 17.9 Å². The van der Waals surface area contributed by atoms with Crippen LogP contribution >= 0.6 is 15.9 Å². The first-order valence-electron chi connectivity index (χ1n) is 3.65. The van der Waals surface area contributed by atoms with Gasteiger partial charge in [0.15, 0.2) is 0 Å². The molecule has 0 saturated carbocycles. The normalized spacial score (nSPS) is 9.50. The lowest BCUT2D eigenvalue weighted by molar-refractivity contribution is -0.114. The molecule has 0 radical (unpaired) electrons. The second kappa shape index (κ2) is 4.26. The van der Waals surface area contributed by atoms with Crippen LogP contribution in [-0.4, -0.2) is 5.91 Å². The topological polar surface area (TPSA) is 29.1 Å². The number of carbonyl (C=O) groups excluding carboxylic acids is 1. The number of amides is 1. The largest absolute Gasteiger partial charge is 0.326 e. The SMILES string of the molecule is CC(=O)Nc1ccc(CBr)cc1. The van der Waals surface area contributed by atoms with E-state index in [-0.39, 0.29) is 5.91 Å². The Labute approximate surface area is 80.1 Å². The summed E-state index contributed by atoms with van der Waals surface area (Å²) in [6, 6.07) is 7.72. The van der Waals surface area contributed by atoms with Gasteiger partial charge in [-0.2, -0.15) is 0 Å². The van der Waals surface area contributed by atoms with Gasteiger partial charge in [-0.3, -0.25) is 4.79 Å². The maximum absolute atomic E-state index is 10.6. The fourth-order valence-electron chi connectivity index (χ4n) is 0.880. The van der Waals surface area contributed by atoms with E-state index in [1.54, 1.807) is 0 Å². The highest BCUT2D eigenvalue weighted by molar-refractivity contribution is 9.08. The first-order chi connectivity index (χ1) is 5.72. The highest BCUT2D eigenvalue weighted by Gasteiger charge is 1.94. The van der Waals surface area contributed by atoms with Crippen LogP contribution in [0.25, 0.3) is 0 Å². The molecule has 12 heavy (non-hydrogen) atoms. The third kappa shape index (κ3) is 2.66. The fourth-order valence-corrected chi connectivity index (χ4v) is 1.25. The van der Waals surface area contributed by atoms with Gasteiger partial charge in [0.1, 0.15) is 0 Å². The van der Waals surface area contributed by atoms with Crippen LogP contribution in [-0.2, 0) is 10.1 Å². The van der Waals surface area contributed by atoms with E-state index in [9.17, 15) is 4.79 Å². The zero-order valence-corrected chi connectivity index (χ0v) is 8.39. The summed E-state index contributed by atoms with van der Waals surface area (Å²) in [5.41, 5.74) is 2.04. The molecule has 1 N–H and O–H groups in total. The van der Waals surface area contributed by atoms with Crippen LogP contribution in [0.2, 0.25) is 0 Å². The van der Waals surface area contributed by atoms with E-state index < -0.39 is 0 Å². The molecule has 0 aliphatic carbocycles. The van der Waals surface area contributed by atoms with Crippen molar-refractivity contribution in [1.82, 2.24) is 0 Å². The zero-order chi connectivity index (χ0) is 8.97. The minimum Gasteiger partial charge on any atom is -0.326 e. The first kappa shape index (κ1) is 9.26. The summed E-state index contributed by atoms with van der Waals surface area (Å²) in [7, 11) is 0. The predicted molar refractivity (Wildman–Crippen MR) is 53.4 cm³/mol. The molecule has 1 aromatic rings. The number of halogens is 1. The van der Waals surface area contributed by atoms with Crippen LogP contribution in [0.5, 0.6) is 0 Å². The Bertz CT molecular complexity index is 268. The molecular formula is C9H10BrNO. The molecule has 0 bridgehead atoms. The van der Waals surface area contributed by atoms with Crippen molar-refractivity contribution in [3.05, 3.63) is 29.8 Å². The minimum absolute atomic E-state index is 0.0402. The summed E-state index contributed by atoms with van der Waals surface area (Å²) < 4.78 is 0. The van der Waals surface area contributed by atoms with Gasteiger partial charge in [-0.05, 0) is 17.7 Å². The Hall–Kier alpha value is -0.830. The van der Waals surface area contributed by atoms with Gasteiger partial charge >= 0.3 is 0 Å². The van der Waals surface area contributed by atoms with Crippen molar-refractivity contribution < 1.29 is 4.79 Å². The third-order valence-corrected chi connectivity index (χ3v) is 2.08. The quantitative estimate of drug-likeness (QED) is 0.774. The Morgan fingerprint density at radius 2 is 2.00 bits per heavy atom. The number of hydrogen-bond donors (Lipinski definition) is 1. The standard InChI is InChI=1S/C9H10BrNO/c1-7(12)11-9-4-2-8(6-10)3-5-9/h2-5H,6H2,1H3,(H,11,12). The second-order valence-corrected chi connectivity index (χ2v) is 3.07. The summed E-state index contributed by atoms with van der Waals surface area (Å²) in [6.07, 6.45) is 0. The average Bonchev–Trinajstić information content (AvgIpc) is 2.05. The van der Waals surface area contributed by atoms with Crippen molar-refractivity contribution in [2.75, 3.05) is 5.32 Å². The highest BCUT2D eigenvalue weighted by Crippen LogP contribution is 2.11. The molecule has 0 aliphatic rings. The van der Waals surface area contributed by atoms with Crippen molar-refractivity contribution >= 4 is 27.5 Å². The van der Waals surface area contributed by atoms with E-state index in [0.717, 1.165) is 11.0 Å². The van der Waals surface area contributed by atoms with Crippen LogP contribution in [0.3, 0.4) is 0 Å². The number of rotatable bonds is 2. The van der Waals surface area contributed by atoms with E-state index in [0.29, 0.717) is 0 Å².